The van der Waals surface area contributed by atoms with Crippen LogP contribution < -0.4 is 5.32 Å². The molecule has 9 heteroatoms. The van der Waals surface area contributed by atoms with Crippen molar-refractivity contribution in [3.05, 3.63) is 68.8 Å². The molecule has 0 spiro atoms. The van der Waals surface area contributed by atoms with E-state index >= 15 is 0 Å². The molecule has 1 aliphatic rings. The number of nitrogens with one attached hydrogen (secondary N) is 1. The number of carbonyl (C=O) groups is 2. The van der Waals surface area contributed by atoms with Gasteiger partial charge in [-0.3, -0.25) is 14.5 Å². The first-order valence-corrected chi connectivity index (χ1v) is 12.6. The molecule has 3 heterocycles. The number of hydrogen-bond acceptors (Lipinski definition) is 6. The molecule has 182 valence electrons. The number of thiazole rings is 1. The van der Waals surface area contributed by atoms with E-state index in [0.717, 1.165) is 27.5 Å². The molecule has 1 aromatic carbocycles. The molecule has 1 aliphatic heterocycles. The quantitative estimate of drug-likeness (QED) is 0.549. The summed E-state index contributed by atoms with van der Waals surface area (Å²) in [6.45, 7) is 9.03. The fourth-order valence-corrected chi connectivity index (χ4v) is 5.11. The van der Waals surface area contributed by atoms with Crippen LogP contribution in [0.25, 0.3) is 0 Å². The van der Waals surface area contributed by atoms with E-state index in [1.54, 1.807) is 0 Å². The van der Waals surface area contributed by atoms with E-state index in [1.165, 1.54) is 11.3 Å². The summed E-state index contributed by atoms with van der Waals surface area (Å²) < 4.78 is 2.00. The van der Waals surface area contributed by atoms with E-state index in [2.05, 4.69) is 16.4 Å². The Labute approximate surface area is 209 Å². The Bertz CT molecular complexity index is 1250. The van der Waals surface area contributed by atoms with Crippen molar-refractivity contribution in [2.75, 3.05) is 38.0 Å². The highest BCUT2D eigenvalue weighted by atomic mass is 32.1. The number of hydrogen-bond donors (Lipinski definition) is 1. The zero-order valence-electron chi connectivity index (χ0n) is 20.4. The van der Waals surface area contributed by atoms with Crippen LogP contribution in [0.5, 0.6) is 0 Å². The van der Waals surface area contributed by atoms with E-state index in [0.29, 0.717) is 50.5 Å². The molecule has 0 saturated carbocycles. The van der Waals surface area contributed by atoms with Crippen LogP contribution in [-0.4, -0.2) is 63.9 Å². The van der Waals surface area contributed by atoms with Gasteiger partial charge >= 0.3 is 0 Å². The minimum absolute atomic E-state index is 0.0757. The Balaban J connectivity index is 1.36. The first-order chi connectivity index (χ1) is 16.9. The lowest BCUT2D eigenvalue weighted by molar-refractivity contribution is -0.132. The van der Waals surface area contributed by atoms with Crippen LogP contribution in [0.3, 0.4) is 0 Å². The maximum absolute atomic E-state index is 13.0. The Kier molecular flexibility index (Phi) is 7.63. The van der Waals surface area contributed by atoms with E-state index in [-0.39, 0.29) is 18.4 Å². The van der Waals surface area contributed by atoms with Crippen LogP contribution in [0.1, 0.15) is 33.1 Å². The number of rotatable bonds is 7. The third-order valence-electron chi connectivity index (χ3n) is 6.44. The van der Waals surface area contributed by atoms with Crippen molar-refractivity contribution in [1.82, 2.24) is 19.4 Å². The topological polar surface area (TPSA) is 94.3 Å². The van der Waals surface area contributed by atoms with Gasteiger partial charge in [0.05, 0.1) is 18.5 Å². The summed E-state index contributed by atoms with van der Waals surface area (Å²) in [5, 5.41) is 15.6. The van der Waals surface area contributed by atoms with Crippen molar-refractivity contribution in [2.24, 2.45) is 0 Å². The average molecular weight is 491 g/mol. The van der Waals surface area contributed by atoms with Crippen molar-refractivity contribution in [1.29, 1.82) is 5.26 Å². The highest BCUT2D eigenvalue weighted by Crippen LogP contribution is 2.27. The van der Waals surface area contributed by atoms with Crippen LogP contribution in [-0.2, 0) is 22.6 Å². The second-order valence-electron chi connectivity index (χ2n) is 8.88. The smallest absolute Gasteiger partial charge is 0.239 e. The molecule has 1 N–H and O–H groups in total. The van der Waals surface area contributed by atoms with Crippen LogP contribution in [0, 0.1) is 32.1 Å². The molecular weight excluding hydrogens is 460 g/mol. The van der Waals surface area contributed by atoms with Crippen LogP contribution in [0.2, 0.25) is 0 Å². The van der Waals surface area contributed by atoms with Gasteiger partial charge in [-0.25, -0.2) is 4.98 Å². The predicted molar refractivity (Wildman–Crippen MR) is 136 cm³/mol. The summed E-state index contributed by atoms with van der Waals surface area (Å²) in [5.74, 6) is 0.460. The third kappa shape index (κ3) is 5.78. The minimum atomic E-state index is -0.161. The SMILES string of the molecule is Cc1csc(CC(=O)N2CCN(CC(=O)Nc3c(C#N)c(C)c(C)n3Cc3ccccc3)CC2)n1. The van der Waals surface area contributed by atoms with Crippen molar-refractivity contribution in [3.63, 3.8) is 0 Å². The number of nitrogens with zero attached hydrogens (tertiary/aromatic N) is 5. The second kappa shape index (κ2) is 10.8. The maximum atomic E-state index is 13.0. The Morgan fingerprint density at radius 2 is 1.83 bits per heavy atom. The number of nitriles is 1. The monoisotopic (exact) mass is 490 g/mol. The molecule has 2 aromatic heterocycles. The van der Waals surface area contributed by atoms with Gasteiger partial charge in [0.1, 0.15) is 16.9 Å². The molecule has 2 amide bonds. The summed E-state index contributed by atoms with van der Waals surface area (Å²) in [6.07, 6.45) is 0.326. The molecule has 1 fully saturated rings. The largest absolute Gasteiger partial charge is 0.340 e. The predicted octanol–water partition coefficient (Wildman–Crippen LogP) is 3.12. The number of anilines is 1. The Morgan fingerprint density at radius 1 is 1.11 bits per heavy atom. The molecule has 0 unspecified atom stereocenters. The van der Waals surface area contributed by atoms with E-state index in [9.17, 15) is 14.9 Å². The van der Waals surface area contributed by atoms with Gasteiger partial charge in [0.25, 0.3) is 0 Å². The van der Waals surface area contributed by atoms with Crippen LogP contribution in [0.4, 0.5) is 5.82 Å². The number of aryl methyl sites for hydroxylation is 1. The molecular formula is C26H30N6O2S. The molecule has 0 aliphatic carbocycles. The fourth-order valence-electron chi connectivity index (χ4n) is 4.35. The lowest BCUT2D eigenvalue weighted by Gasteiger charge is -2.34. The van der Waals surface area contributed by atoms with Crippen molar-refractivity contribution < 1.29 is 9.59 Å². The van der Waals surface area contributed by atoms with Gasteiger partial charge in [0.15, 0.2) is 0 Å². The van der Waals surface area contributed by atoms with Crippen LogP contribution in [0.15, 0.2) is 35.7 Å². The van der Waals surface area contributed by atoms with Crippen molar-refractivity contribution >= 4 is 29.0 Å². The summed E-state index contributed by atoms with van der Waals surface area (Å²) >= 11 is 1.51. The molecule has 0 bridgehead atoms. The standard InChI is InChI=1S/C26H30N6O2S/c1-18-17-35-24(28-18)13-25(34)31-11-9-30(10-12-31)16-23(33)29-26-22(14-27)19(2)20(3)32(26)15-21-7-5-4-6-8-21/h4-8,17H,9-13,15-16H2,1-3H3,(H,29,33). The molecule has 1 saturated heterocycles. The summed E-state index contributed by atoms with van der Waals surface area (Å²) in [4.78, 5) is 33.8. The molecule has 8 nitrogen and oxygen atoms in total. The van der Waals surface area contributed by atoms with E-state index < -0.39 is 0 Å². The second-order valence-corrected chi connectivity index (χ2v) is 9.82. The number of aromatic nitrogens is 2. The number of carbonyl (C=O) groups excluding carboxylic acids is 2. The first kappa shape index (κ1) is 24.6. The van der Waals surface area contributed by atoms with Gasteiger partial charge in [-0.05, 0) is 31.9 Å². The molecule has 0 atom stereocenters. The van der Waals surface area contributed by atoms with E-state index in [1.807, 2.05) is 70.9 Å². The lowest BCUT2D eigenvalue weighted by atomic mass is 10.2. The maximum Gasteiger partial charge on any atom is 0.239 e. The summed E-state index contributed by atoms with van der Waals surface area (Å²) in [6, 6.07) is 12.2. The van der Waals surface area contributed by atoms with Crippen molar-refractivity contribution in [3.8, 4) is 6.07 Å². The van der Waals surface area contributed by atoms with Gasteiger partial charge in [0.2, 0.25) is 11.8 Å². The average Bonchev–Trinajstić information content (AvgIpc) is 3.35. The summed E-state index contributed by atoms with van der Waals surface area (Å²) in [7, 11) is 0. The first-order valence-electron chi connectivity index (χ1n) is 11.7. The van der Waals surface area contributed by atoms with Gasteiger partial charge in [-0.2, -0.15) is 5.26 Å². The highest BCUT2D eigenvalue weighted by molar-refractivity contribution is 7.09. The van der Waals surface area contributed by atoms with Gasteiger partial charge in [0, 0.05) is 49.5 Å². The van der Waals surface area contributed by atoms with Gasteiger partial charge < -0.3 is 14.8 Å². The molecule has 0 radical (unpaired) electrons. The zero-order chi connectivity index (χ0) is 24.9. The minimum Gasteiger partial charge on any atom is -0.340 e. The highest BCUT2D eigenvalue weighted by Gasteiger charge is 2.25. The normalized spacial score (nSPS) is 14.1. The number of benzene rings is 1. The third-order valence-corrected chi connectivity index (χ3v) is 7.41. The lowest BCUT2D eigenvalue weighted by Crippen LogP contribution is -2.50. The zero-order valence-corrected chi connectivity index (χ0v) is 21.2. The molecule has 35 heavy (non-hydrogen) atoms. The fraction of sp³-hybridized carbons (Fsp3) is 0.385. The number of amides is 2. The Morgan fingerprint density at radius 3 is 2.46 bits per heavy atom. The van der Waals surface area contributed by atoms with Crippen LogP contribution >= 0.6 is 11.3 Å². The van der Waals surface area contributed by atoms with Gasteiger partial charge in [-0.15, -0.1) is 11.3 Å². The molecule has 3 aromatic rings. The number of piperazine rings is 1. The van der Waals surface area contributed by atoms with Crippen molar-refractivity contribution in [2.45, 2.75) is 33.7 Å². The molecule has 4 rings (SSSR count). The Hall–Kier alpha value is -3.48. The summed E-state index contributed by atoms with van der Waals surface area (Å²) in [5.41, 5.74) is 4.37. The van der Waals surface area contributed by atoms with E-state index in [4.69, 9.17) is 0 Å². The van der Waals surface area contributed by atoms with Gasteiger partial charge in [-0.1, -0.05) is 30.3 Å².